The van der Waals surface area contributed by atoms with Gasteiger partial charge in [-0.1, -0.05) is 66.2 Å². The Morgan fingerprint density at radius 2 is 1.59 bits per heavy atom. The Morgan fingerprint density at radius 3 is 2.22 bits per heavy atom. The Morgan fingerprint density at radius 1 is 0.963 bits per heavy atom. The second-order valence-corrected chi connectivity index (χ2v) is 6.73. The normalized spacial score (nSPS) is 11.7. The van der Waals surface area contributed by atoms with Gasteiger partial charge in [0.25, 0.3) is 0 Å². The van der Waals surface area contributed by atoms with Gasteiger partial charge in [0.05, 0.1) is 5.69 Å². The number of rotatable bonds is 6. The summed E-state index contributed by atoms with van der Waals surface area (Å²) in [5.74, 6) is -0.163. The topological polar surface area (TPSA) is 44.4 Å². The molecule has 3 aromatic carbocycles. The lowest BCUT2D eigenvalue weighted by Gasteiger charge is -2.27. The van der Waals surface area contributed by atoms with Crippen molar-refractivity contribution in [1.29, 1.82) is 0 Å². The molecular formula is C22H22ClN3O. The molecule has 0 aliphatic heterocycles. The predicted octanol–water partition coefficient (Wildman–Crippen LogP) is 4.97. The van der Waals surface area contributed by atoms with Crippen LogP contribution in [0.5, 0.6) is 0 Å². The van der Waals surface area contributed by atoms with E-state index in [0.717, 1.165) is 16.8 Å². The van der Waals surface area contributed by atoms with E-state index in [1.807, 2.05) is 91.8 Å². The van der Waals surface area contributed by atoms with Crippen LogP contribution in [-0.4, -0.2) is 13.0 Å². The number of hydrazine groups is 1. The molecule has 2 N–H and O–H groups in total. The van der Waals surface area contributed by atoms with Gasteiger partial charge in [0.2, 0.25) is 5.91 Å². The number of hydrogen-bond donors (Lipinski definition) is 2. The summed E-state index contributed by atoms with van der Waals surface area (Å²) >= 11 is 6.18. The number of nitrogens with one attached hydrogen (secondary N) is 2. The molecule has 0 unspecified atom stereocenters. The van der Waals surface area contributed by atoms with Crippen molar-refractivity contribution in [3.63, 3.8) is 0 Å². The van der Waals surface area contributed by atoms with E-state index in [-0.39, 0.29) is 5.91 Å². The summed E-state index contributed by atoms with van der Waals surface area (Å²) in [7, 11) is 1.89. The second-order valence-electron chi connectivity index (χ2n) is 6.32. The maximum absolute atomic E-state index is 13.0. The highest BCUT2D eigenvalue weighted by molar-refractivity contribution is 6.31. The van der Waals surface area contributed by atoms with E-state index in [1.165, 1.54) is 0 Å². The first-order valence-electron chi connectivity index (χ1n) is 8.71. The van der Waals surface area contributed by atoms with E-state index in [2.05, 4.69) is 10.7 Å². The van der Waals surface area contributed by atoms with Gasteiger partial charge in [-0.3, -0.25) is 4.79 Å². The molecule has 0 bridgehead atoms. The van der Waals surface area contributed by atoms with Crippen LogP contribution in [0.4, 0.5) is 11.4 Å². The molecule has 0 spiro atoms. The third kappa shape index (κ3) is 4.88. The molecular weight excluding hydrogens is 358 g/mol. The largest absolute Gasteiger partial charge is 0.324 e. The number of benzene rings is 3. The number of nitrogens with zero attached hydrogens (tertiary/aromatic N) is 1. The standard InChI is InChI=1S/C22H22ClN3O/c1-16-13-14-18(15-20(16)23)24-22(27)21(17-9-5-3-6-10-17)25-26(2)19-11-7-4-8-12-19/h3-15,21,25H,1-2H3,(H,24,27)/t21-/m1/s1. The number of aryl methyl sites for hydroxylation is 1. The first-order valence-corrected chi connectivity index (χ1v) is 9.09. The fourth-order valence-corrected chi connectivity index (χ4v) is 2.92. The van der Waals surface area contributed by atoms with Crippen molar-refractivity contribution in [2.24, 2.45) is 0 Å². The molecule has 27 heavy (non-hydrogen) atoms. The van der Waals surface area contributed by atoms with E-state index in [0.29, 0.717) is 10.7 Å². The molecule has 138 valence electrons. The molecule has 3 rings (SSSR count). The number of amides is 1. The zero-order valence-electron chi connectivity index (χ0n) is 15.3. The Hall–Kier alpha value is -2.82. The Balaban J connectivity index is 1.83. The molecule has 0 saturated carbocycles. The summed E-state index contributed by atoms with van der Waals surface area (Å²) < 4.78 is 0. The van der Waals surface area contributed by atoms with E-state index < -0.39 is 6.04 Å². The number of halogens is 1. The van der Waals surface area contributed by atoms with Crippen LogP contribution in [0.1, 0.15) is 17.2 Å². The Kier molecular flexibility index (Phi) is 6.12. The molecule has 1 atom stereocenters. The molecule has 0 fully saturated rings. The van der Waals surface area contributed by atoms with Crippen LogP contribution in [0, 0.1) is 6.92 Å². The molecule has 0 aliphatic rings. The number of anilines is 2. The first kappa shape index (κ1) is 19.0. The van der Waals surface area contributed by atoms with Gasteiger partial charge in [-0.15, -0.1) is 0 Å². The van der Waals surface area contributed by atoms with Gasteiger partial charge >= 0.3 is 0 Å². The van der Waals surface area contributed by atoms with Crippen molar-refractivity contribution in [2.75, 3.05) is 17.4 Å². The third-order valence-electron chi connectivity index (χ3n) is 4.30. The number of para-hydroxylation sites is 1. The highest BCUT2D eigenvalue weighted by atomic mass is 35.5. The zero-order valence-corrected chi connectivity index (χ0v) is 16.1. The maximum atomic E-state index is 13.0. The number of carbonyl (C=O) groups excluding carboxylic acids is 1. The van der Waals surface area contributed by atoms with Crippen molar-refractivity contribution in [1.82, 2.24) is 5.43 Å². The van der Waals surface area contributed by atoms with Crippen molar-refractivity contribution >= 4 is 28.9 Å². The van der Waals surface area contributed by atoms with Gasteiger partial charge < -0.3 is 10.3 Å². The summed E-state index contributed by atoms with van der Waals surface area (Å²) in [6, 6.07) is 24.4. The summed E-state index contributed by atoms with van der Waals surface area (Å²) in [6.45, 7) is 1.93. The minimum Gasteiger partial charge on any atom is -0.324 e. The summed E-state index contributed by atoms with van der Waals surface area (Å²) in [4.78, 5) is 13.0. The first-order chi connectivity index (χ1) is 13.0. The van der Waals surface area contributed by atoms with E-state index in [9.17, 15) is 4.79 Å². The molecule has 0 radical (unpaired) electrons. The van der Waals surface area contributed by atoms with Gasteiger partial charge in [-0.2, -0.15) is 0 Å². The Bertz CT molecular complexity index is 900. The van der Waals surface area contributed by atoms with E-state index in [4.69, 9.17) is 11.6 Å². The summed E-state index contributed by atoms with van der Waals surface area (Å²) in [5, 5.41) is 5.42. The fourth-order valence-electron chi connectivity index (χ4n) is 2.73. The number of hydrogen-bond acceptors (Lipinski definition) is 3. The van der Waals surface area contributed by atoms with Crippen LogP contribution in [0.2, 0.25) is 5.02 Å². The van der Waals surface area contributed by atoms with Crippen LogP contribution in [0.25, 0.3) is 0 Å². The minimum absolute atomic E-state index is 0.163. The SMILES string of the molecule is Cc1ccc(NC(=O)[C@H](NN(C)c2ccccc2)c2ccccc2)cc1Cl. The smallest absolute Gasteiger partial charge is 0.247 e. The average molecular weight is 380 g/mol. The van der Waals surface area contributed by atoms with Crippen LogP contribution in [-0.2, 0) is 4.79 Å². The monoisotopic (exact) mass is 379 g/mol. The Labute approximate surface area is 164 Å². The third-order valence-corrected chi connectivity index (χ3v) is 4.71. The van der Waals surface area contributed by atoms with Crippen LogP contribution >= 0.6 is 11.6 Å². The van der Waals surface area contributed by atoms with Crippen molar-refractivity contribution in [3.8, 4) is 0 Å². The van der Waals surface area contributed by atoms with Crippen LogP contribution < -0.4 is 15.8 Å². The predicted molar refractivity (Wildman–Crippen MR) is 112 cm³/mol. The van der Waals surface area contributed by atoms with Gasteiger partial charge in [-0.25, -0.2) is 5.43 Å². The van der Waals surface area contributed by atoms with Crippen LogP contribution in [0.3, 0.4) is 0 Å². The number of carbonyl (C=O) groups is 1. The maximum Gasteiger partial charge on any atom is 0.247 e. The lowest BCUT2D eigenvalue weighted by atomic mass is 10.1. The van der Waals surface area contributed by atoms with Gasteiger partial charge in [0.1, 0.15) is 6.04 Å². The van der Waals surface area contributed by atoms with E-state index >= 15 is 0 Å². The lowest BCUT2D eigenvalue weighted by molar-refractivity contribution is -0.118. The molecule has 0 saturated heterocycles. The van der Waals surface area contributed by atoms with Crippen molar-refractivity contribution in [2.45, 2.75) is 13.0 Å². The molecule has 0 aliphatic carbocycles. The van der Waals surface area contributed by atoms with Crippen molar-refractivity contribution in [3.05, 3.63) is 95.0 Å². The summed E-state index contributed by atoms with van der Waals surface area (Å²) in [5.41, 5.74) is 6.75. The fraction of sp³-hybridized carbons (Fsp3) is 0.136. The second kappa shape index (κ2) is 8.71. The average Bonchev–Trinajstić information content (AvgIpc) is 2.70. The molecule has 0 heterocycles. The lowest BCUT2D eigenvalue weighted by Crippen LogP contribution is -2.43. The minimum atomic E-state index is -0.559. The molecule has 1 amide bonds. The van der Waals surface area contributed by atoms with Gasteiger partial charge in [0.15, 0.2) is 0 Å². The van der Waals surface area contributed by atoms with Crippen molar-refractivity contribution < 1.29 is 4.79 Å². The molecule has 4 nitrogen and oxygen atoms in total. The molecule has 5 heteroatoms. The summed E-state index contributed by atoms with van der Waals surface area (Å²) in [6.07, 6.45) is 0. The zero-order chi connectivity index (χ0) is 19.2. The van der Waals surface area contributed by atoms with Gasteiger partial charge in [0, 0.05) is 17.8 Å². The molecule has 3 aromatic rings. The quantitative estimate of drug-likeness (QED) is 0.594. The van der Waals surface area contributed by atoms with Crippen LogP contribution in [0.15, 0.2) is 78.9 Å². The highest BCUT2D eigenvalue weighted by Crippen LogP contribution is 2.22. The highest BCUT2D eigenvalue weighted by Gasteiger charge is 2.22. The molecule has 0 aromatic heterocycles. The van der Waals surface area contributed by atoms with E-state index in [1.54, 1.807) is 6.07 Å². The van der Waals surface area contributed by atoms with Gasteiger partial charge in [-0.05, 0) is 42.3 Å².